The fourth-order valence-corrected chi connectivity index (χ4v) is 2.46. The number of amides is 2. The Labute approximate surface area is 112 Å². The molecule has 0 spiro atoms. The molecule has 19 heavy (non-hydrogen) atoms. The summed E-state index contributed by atoms with van der Waals surface area (Å²) in [6.45, 7) is 0.602. The van der Waals surface area contributed by atoms with Crippen LogP contribution in [0.3, 0.4) is 0 Å². The number of para-hydroxylation sites is 1. The zero-order valence-corrected chi connectivity index (χ0v) is 11.1. The fourth-order valence-electron chi connectivity index (χ4n) is 2.46. The fraction of sp³-hybridized carbons (Fsp3) is 0.429. The third-order valence-corrected chi connectivity index (χ3v) is 3.50. The van der Waals surface area contributed by atoms with E-state index >= 15 is 0 Å². The van der Waals surface area contributed by atoms with Crippen molar-refractivity contribution in [3.8, 4) is 0 Å². The quantitative estimate of drug-likeness (QED) is 0.780. The summed E-state index contributed by atoms with van der Waals surface area (Å²) in [6, 6.07) is 6.59. The molecule has 1 aromatic carbocycles. The average molecular weight is 261 g/mol. The molecule has 0 saturated carbocycles. The Bertz CT molecular complexity index is 487. The number of anilines is 1. The van der Waals surface area contributed by atoms with Crippen molar-refractivity contribution in [2.24, 2.45) is 0 Å². The van der Waals surface area contributed by atoms with Crippen LogP contribution in [0.1, 0.15) is 29.6 Å². The first kappa shape index (κ1) is 13.4. The van der Waals surface area contributed by atoms with Crippen LogP contribution in [0.2, 0.25) is 0 Å². The van der Waals surface area contributed by atoms with Gasteiger partial charge in [0.15, 0.2) is 0 Å². The first-order valence-corrected chi connectivity index (χ1v) is 6.52. The molecule has 1 aliphatic heterocycles. The lowest BCUT2D eigenvalue weighted by molar-refractivity contribution is -0.126. The normalized spacial score (nSPS) is 19.0. The largest absolute Gasteiger partial charge is 0.398 e. The van der Waals surface area contributed by atoms with Crippen molar-refractivity contribution in [1.29, 1.82) is 0 Å². The number of hydrogen-bond acceptors (Lipinski definition) is 3. The van der Waals surface area contributed by atoms with E-state index in [9.17, 15) is 9.59 Å². The van der Waals surface area contributed by atoms with E-state index in [1.807, 2.05) is 0 Å². The van der Waals surface area contributed by atoms with Gasteiger partial charge in [0.25, 0.3) is 5.91 Å². The SMILES string of the molecule is CNC(=O)C1CCCCN1C(=O)c1ccccc1N. The van der Waals surface area contributed by atoms with Crippen molar-refractivity contribution >= 4 is 17.5 Å². The van der Waals surface area contributed by atoms with Gasteiger partial charge in [-0.2, -0.15) is 0 Å². The maximum absolute atomic E-state index is 12.5. The number of nitrogens with one attached hydrogen (secondary N) is 1. The van der Waals surface area contributed by atoms with E-state index in [-0.39, 0.29) is 17.9 Å². The van der Waals surface area contributed by atoms with Gasteiger partial charge >= 0.3 is 0 Å². The summed E-state index contributed by atoms with van der Waals surface area (Å²) in [4.78, 5) is 26.0. The lowest BCUT2D eigenvalue weighted by atomic mass is 9.99. The number of piperidine rings is 1. The van der Waals surface area contributed by atoms with E-state index in [0.29, 0.717) is 24.2 Å². The molecule has 1 aromatic rings. The van der Waals surface area contributed by atoms with Gasteiger partial charge in [0, 0.05) is 19.3 Å². The Morgan fingerprint density at radius 3 is 2.74 bits per heavy atom. The van der Waals surface area contributed by atoms with Crippen LogP contribution in [0.4, 0.5) is 5.69 Å². The molecular weight excluding hydrogens is 242 g/mol. The van der Waals surface area contributed by atoms with Gasteiger partial charge in [-0.1, -0.05) is 12.1 Å². The molecule has 0 radical (unpaired) electrons. The number of likely N-dealkylation sites (N-methyl/N-ethyl adjacent to an activating group) is 1. The number of nitrogen functional groups attached to an aromatic ring is 1. The van der Waals surface area contributed by atoms with Crippen molar-refractivity contribution in [2.45, 2.75) is 25.3 Å². The second-order valence-corrected chi connectivity index (χ2v) is 4.71. The van der Waals surface area contributed by atoms with Gasteiger partial charge in [-0.05, 0) is 31.4 Å². The number of hydrogen-bond donors (Lipinski definition) is 2. The van der Waals surface area contributed by atoms with Gasteiger partial charge in [-0.3, -0.25) is 9.59 Å². The van der Waals surface area contributed by atoms with Crippen molar-refractivity contribution in [2.75, 3.05) is 19.3 Å². The second-order valence-electron chi connectivity index (χ2n) is 4.71. The predicted octanol–water partition coefficient (Wildman–Crippen LogP) is 1.01. The Kier molecular flexibility index (Phi) is 4.04. The van der Waals surface area contributed by atoms with E-state index < -0.39 is 0 Å². The highest BCUT2D eigenvalue weighted by molar-refractivity contribution is 6.01. The topological polar surface area (TPSA) is 75.4 Å². The number of likely N-dealkylation sites (tertiary alicyclic amines) is 1. The molecule has 1 atom stereocenters. The summed E-state index contributed by atoms with van der Waals surface area (Å²) in [7, 11) is 1.59. The maximum Gasteiger partial charge on any atom is 0.256 e. The van der Waals surface area contributed by atoms with E-state index in [1.54, 1.807) is 36.2 Å². The van der Waals surface area contributed by atoms with Crippen LogP contribution >= 0.6 is 0 Å². The minimum absolute atomic E-state index is 0.109. The standard InChI is InChI=1S/C14H19N3O2/c1-16-13(18)12-8-4-5-9-17(12)14(19)10-6-2-3-7-11(10)15/h2-3,6-7,12H,4-5,8-9,15H2,1H3,(H,16,18). The van der Waals surface area contributed by atoms with Gasteiger partial charge in [0.1, 0.15) is 6.04 Å². The van der Waals surface area contributed by atoms with Crippen molar-refractivity contribution < 1.29 is 9.59 Å². The van der Waals surface area contributed by atoms with Crippen molar-refractivity contribution in [3.63, 3.8) is 0 Å². The summed E-state index contributed by atoms with van der Waals surface area (Å²) in [5.74, 6) is -0.269. The van der Waals surface area contributed by atoms with Crippen LogP contribution in [0, 0.1) is 0 Å². The van der Waals surface area contributed by atoms with Gasteiger partial charge in [0.05, 0.1) is 5.56 Å². The summed E-state index contributed by atoms with van der Waals surface area (Å²) >= 11 is 0. The molecule has 0 bridgehead atoms. The Morgan fingerprint density at radius 1 is 1.32 bits per heavy atom. The molecule has 2 rings (SSSR count). The number of nitrogens with two attached hydrogens (primary N) is 1. The van der Waals surface area contributed by atoms with Crippen LogP contribution in [0.25, 0.3) is 0 Å². The molecule has 1 aliphatic rings. The van der Waals surface area contributed by atoms with Gasteiger partial charge in [0.2, 0.25) is 5.91 Å². The second kappa shape index (κ2) is 5.73. The summed E-state index contributed by atoms with van der Waals surface area (Å²) < 4.78 is 0. The number of rotatable bonds is 2. The highest BCUT2D eigenvalue weighted by atomic mass is 16.2. The molecule has 1 heterocycles. The van der Waals surface area contributed by atoms with Gasteiger partial charge < -0.3 is 16.0 Å². The third kappa shape index (κ3) is 2.70. The molecule has 2 amide bonds. The van der Waals surface area contributed by atoms with Gasteiger partial charge in [-0.15, -0.1) is 0 Å². The predicted molar refractivity (Wildman–Crippen MR) is 73.6 cm³/mol. The molecule has 5 nitrogen and oxygen atoms in total. The van der Waals surface area contributed by atoms with E-state index in [1.165, 1.54) is 0 Å². The van der Waals surface area contributed by atoms with Crippen LogP contribution in [-0.2, 0) is 4.79 Å². The first-order valence-electron chi connectivity index (χ1n) is 6.52. The Balaban J connectivity index is 2.25. The molecule has 0 aliphatic carbocycles. The molecule has 0 aromatic heterocycles. The van der Waals surface area contributed by atoms with E-state index in [4.69, 9.17) is 5.73 Å². The smallest absolute Gasteiger partial charge is 0.256 e. The first-order chi connectivity index (χ1) is 9.15. The summed E-state index contributed by atoms with van der Waals surface area (Å²) in [6.07, 6.45) is 2.59. The molecular formula is C14H19N3O2. The molecule has 102 valence electrons. The van der Waals surface area contributed by atoms with Crippen LogP contribution in [0.5, 0.6) is 0 Å². The third-order valence-electron chi connectivity index (χ3n) is 3.50. The molecule has 5 heteroatoms. The average Bonchev–Trinajstić information content (AvgIpc) is 2.46. The van der Waals surface area contributed by atoms with Crippen molar-refractivity contribution in [3.05, 3.63) is 29.8 Å². The highest BCUT2D eigenvalue weighted by Gasteiger charge is 2.32. The minimum Gasteiger partial charge on any atom is -0.398 e. The van der Waals surface area contributed by atoms with E-state index in [0.717, 1.165) is 12.8 Å². The van der Waals surface area contributed by atoms with Crippen LogP contribution in [0.15, 0.2) is 24.3 Å². The Morgan fingerprint density at radius 2 is 2.05 bits per heavy atom. The van der Waals surface area contributed by atoms with Crippen LogP contribution < -0.4 is 11.1 Å². The van der Waals surface area contributed by atoms with Crippen LogP contribution in [-0.4, -0.2) is 36.3 Å². The Hall–Kier alpha value is -2.04. The molecule has 1 fully saturated rings. The lowest BCUT2D eigenvalue weighted by Gasteiger charge is -2.34. The van der Waals surface area contributed by atoms with Crippen molar-refractivity contribution in [1.82, 2.24) is 10.2 Å². The molecule has 1 saturated heterocycles. The summed E-state index contributed by atoms with van der Waals surface area (Å²) in [5, 5.41) is 2.62. The van der Waals surface area contributed by atoms with E-state index in [2.05, 4.69) is 5.32 Å². The lowest BCUT2D eigenvalue weighted by Crippen LogP contribution is -2.51. The summed E-state index contributed by atoms with van der Waals surface area (Å²) in [5.41, 5.74) is 6.76. The number of nitrogens with zero attached hydrogens (tertiary/aromatic N) is 1. The van der Waals surface area contributed by atoms with Gasteiger partial charge in [-0.25, -0.2) is 0 Å². The molecule has 3 N–H and O–H groups in total. The number of carbonyl (C=O) groups excluding carboxylic acids is 2. The minimum atomic E-state index is -0.383. The zero-order valence-electron chi connectivity index (χ0n) is 11.1. The zero-order chi connectivity index (χ0) is 13.8. The molecule has 1 unspecified atom stereocenters. The monoisotopic (exact) mass is 261 g/mol. The number of benzene rings is 1. The highest BCUT2D eigenvalue weighted by Crippen LogP contribution is 2.22. The number of carbonyl (C=O) groups is 2. The maximum atomic E-state index is 12.5.